The first kappa shape index (κ1) is 14.3. The fraction of sp³-hybridized carbons (Fsp3) is 0.0909. The van der Waals surface area contributed by atoms with Crippen molar-refractivity contribution in [3.63, 3.8) is 0 Å². The fourth-order valence-corrected chi connectivity index (χ4v) is 3.79. The molecule has 0 atom stereocenters. The number of hydrogen-bond acceptors (Lipinski definition) is 4. The van der Waals surface area contributed by atoms with Gasteiger partial charge in [-0.1, -0.05) is 11.6 Å². The molecular formula is C11H9ClFNO3S2. The van der Waals surface area contributed by atoms with Gasteiger partial charge in [0, 0.05) is 10.3 Å². The Morgan fingerprint density at radius 3 is 2.74 bits per heavy atom. The molecule has 0 aliphatic heterocycles. The Kier molecular flexibility index (Phi) is 4.10. The van der Waals surface area contributed by atoms with Gasteiger partial charge in [-0.05, 0) is 24.3 Å². The highest BCUT2D eigenvalue weighted by molar-refractivity contribution is 7.92. The minimum atomic E-state index is -3.84. The van der Waals surface area contributed by atoms with Crippen LogP contribution in [0.2, 0.25) is 5.02 Å². The van der Waals surface area contributed by atoms with Crippen molar-refractivity contribution in [1.29, 1.82) is 0 Å². The van der Waals surface area contributed by atoms with E-state index in [-0.39, 0.29) is 22.2 Å². The lowest BCUT2D eigenvalue weighted by Gasteiger charge is -2.08. The van der Waals surface area contributed by atoms with Crippen LogP contribution in [0.4, 0.5) is 10.1 Å². The highest BCUT2D eigenvalue weighted by Gasteiger charge is 2.18. The van der Waals surface area contributed by atoms with Crippen LogP contribution in [0.25, 0.3) is 0 Å². The summed E-state index contributed by atoms with van der Waals surface area (Å²) in [5, 5.41) is 10.4. The van der Waals surface area contributed by atoms with E-state index in [0.29, 0.717) is 4.88 Å². The van der Waals surface area contributed by atoms with Crippen LogP contribution in [-0.2, 0) is 16.6 Å². The maximum Gasteiger partial charge on any atom is 0.262 e. The summed E-state index contributed by atoms with van der Waals surface area (Å²) in [5.41, 5.74) is -0.0292. The summed E-state index contributed by atoms with van der Waals surface area (Å²) in [6, 6.07) is 4.75. The SMILES string of the molecule is O=S(=O)(Nc1cc(F)ccc1Cl)c1csc(CO)c1. The van der Waals surface area contributed by atoms with Gasteiger partial charge in [-0.25, -0.2) is 12.8 Å². The van der Waals surface area contributed by atoms with Crippen LogP contribution >= 0.6 is 22.9 Å². The zero-order chi connectivity index (χ0) is 14.0. The van der Waals surface area contributed by atoms with Crippen molar-refractivity contribution in [2.75, 3.05) is 4.72 Å². The maximum absolute atomic E-state index is 13.1. The molecule has 1 heterocycles. The van der Waals surface area contributed by atoms with Crippen LogP contribution in [0.15, 0.2) is 34.5 Å². The fourth-order valence-electron chi connectivity index (χ4n) is 1.36. The molecule has 1 aromatic carbocycles. The summed E-state index contributed by atoms with van der Waals surface area (Å²) < 4.78 is 39.3. The van der Waals surface area contributed by atoms with E-state index >= 15 is 0 Å². The number of aliphatic hydroxyl groups is 1. The standard InChI is InChI=1S/C11H9ClFNO3S2/c12-10-2-1-7(13)3-11(10)14-19(16,17)9-4-8(5-15)18-6-9/h1-4,6,14-15H,5H2. The van der Waals surface area contributed by atoms with Gasteiger partial charge in [0.1, 0.15) is 5.82 Å². The Balaban J connectivity index is 2.33. The molecule has 0 saturated heterocycles. The summed E-state index contributed by atoms with van der Waals surface area (Å²) in [4.78, 5) is 0.521. The van der Waals surface area contributed by atoms with E-state index in [4.69, 9.17) is 16.7 Å². The van der Waals surface area contributed by atoms with Crippen molar-refractivity contribution in [3.05, 3.63) is 45.4 Å². The molecule has 102 valence electrons. The Hall–Kier alpha value is -1.15. The summed E-state index contributed by atoms with van der Waals surface area (Å²) in [6.07, 6.45) is 0. The first-order valence-corrected chi connectivity index (χ1v) is 7.82. The number of sulfonamides is 1. The summed E-state index contributed by atoms with van der Waals surface area (Å²) in [7, 11) is -3.84. The summed E-state index contributed by atoms with van der Waals surface area (Å²) >= 11 is 6.91. The first-order valence-electron chi connectivity index (χ1n) is 5.08. The number of halogens is 2. The lowest BCUT2D eigenvalue weighted by molar-refractivity contribution is 0.285. The second kappa shape index (κ2) is 5.46. The second-order valence-corrected chi connectivity index (χ2v) is 6.72. The molecule has 2 N–H and O–H groups in total. The van der Waals surface area contributed by atoms with Crippen LogP contribution in [-0.4, -0.2) is 13.5 Å². The van der Waals surface area contributed by atoms with E-state index in [1.165, 1.54) is 17.5 Å². The number of nitrogens with one attached hydrogen (secondary N) is 1. The topological polar surface area (TPSA) is 66.4 Å². The number of rotatable bonds is 4. The van der Waals surface area contributed by atoms with Crippen LogP contribution < -0.4 is 4.72 Å². The van der Waals surface area contributed by atoms with Crippen molar-refractivity contribution in [3.8, 4) is 0 Å². The average Bonchev–Trinajstić information content (AvgIpc) is 2.83. The largest absolute Gasteiger partial charge is 0.391 e. The Bertz CT molecular complexity index is 700. The van der Waals surface area contributed by atoms with Gasteiger partial charge in [-0.3, -0.25) is 4.72 Å². The van der Waals surface area contributed by atoms with Gasteiger partial charge < -0.3 is 5.11 Å². The molecule has 4 nitrogen and oxygen atoms in total. The zero-order valence-electron chi connectivity index (χ0n) is 9.43. The average molecular weight is 322 g/mol. The molecule has 8 heteroatoms. The Morgan fingerprint density at radius 1 is 1.37 bits per heavy atom. The predicted molar refractivity (Wildman–Crippen MR) is 72.5 cm³/mol. The normalized spacial score (nSPS) is 11.5. The Morgan fingerprint density at radius 2 is 2.11 bits per heavy atom. The van der Waals surface area contributed by atoms with E-state index in [9.17, 15) is 12.8 Å². The third-order valence-electron chi connectivity index (χ3n) is 2.27. The number of aliphatic hydroxyl groups excluding tert-OH is 1. The quantitative estimate of drug-likeness (QED) is 0.910. The van der Waals surface area contributed by atoms with Crippen molar-refractivity contribution < 1.29 is 17.9 Å². The van der Waals surface area contributed by atoms with Gasteiger partial charge in [0.2, 0.25) is 0 Å². The molecule has 0 aliphatic rings. The molecule has 0 radical (unpaired) electrons. The lowest BCUT2D eigenvalue weighted by atomic mass is 10.3. The Labute approximate surface area is 118 Å². The molecule has 0 unspecified atom stereocenters. The van der Waals surface area contributed by atoms with Crippen molar-refractivity contribution in [2.24, 2.45) is 0 Å². The third kappa shape index (κ3) is 3.24. The van der Waals surface area contributed by atoms with Gasteiger partial charge in [-0.15, -0.1) is 11.3 Å². The molecule has 2 rings (SSSR count). The molecular weight excluding hydrogens is 313 g/mol. The molecule has 2 aromatic rings. The summed E-state index contributed by atoms with van der Waals surface area (Å²) in [6.45, 7) is -0.235. The number of thiophene rings is 1. The smallest absolute Gasteiger partial charge is 0.262 e. The molecule has 0 saturated carbocycles. The highest BCUT2D eigenvalue weighted by Crippen LogP contribution is 2.27. The van der Waals surface area contributed by atoms with Crippen molar-refractivity contribution in [2.45, 2.75) is 11.5 Å². The monoisotopic (exact) mass is 321 g/mol. The van der Waals surface area contributed by atoms with E-state index < -0.39 is 15.8 Å². The molecule has 0 fully saturated rings. The first-order chi connectivity index (χ1) is 8.92. The van der Waals surface area contributed by atoms with Crippen LogP contribution in [0.5, 0.6) is 0 Å². The molecule has 0 bridgehead atoms. The van der Waals surface area contributed by atoms with E-state index in [1.54, 1.807) is 0 Å². The predicted octanol–water partition coefficient (Wildman–Crippen LogP) is 2.83. The number of benzene rings is 1. The van der Waals surface area contributed by atoms with Gasteiger partial charge in [0.25, 0.3) is 10.0 Å². The van der Waals surface area contributed by atoms with Gasteiger partial charge in [0.05, 0.1) is 22.2 Å². The van der Waals surface area contributed by atoms with E-state index in [0.717, 1.165) is 23.5 Å². The van der Waals surface area contributed by atoms with Gasteiger partial charge >= 0.3 is 0 Å². The minimum absolute atomic E-state index is 0.00174. The molecule has 1 aromatic heterocycles. The van der Waals surface area contributed by atoms with Gasteiger partial charge in [0.15, 0.2) is 0 Å². The van der Waals surface area contributed by atoms with E-state index in [1.807, 2.05) is 0 Å². The summed E-state index contributed by atoms with van der Waals surface area (Å²) in [5.74, 6) is -0.594. The van der Waals surface area contributed by atoms with E-state index in [2.05, 4.69) is 4.72 Å². The van der Waals surface area contributed by atoms with Crippen LogP contribution in [0, 0.1) is 5.82 Å². The maximum atomic E-state index is 13.1. The lowest BCUT2D eigenvalue weighted by Crippen LogP contribution is -2.12. The van der Waals surface area contributed by atoms with Crippen molar-refractivity contribution in [1.82, 2.24) is 0 Å². The number of anilines is 1. The van der Waals surface area contributed by atoms with Crippen LogP contribution in [0.3, 0.4) is 0 Å². The minimum Gasteiger partial charge on any atom is -0.391 e. The third-order valence-corrected chi connectivity index (χ3v) is 5.01. The van der Waals surface area contributed by atoms with Crippen LogP contribution in [0.1, 0.15) is 4.88 Å². The second-order valence-electron chi connectivity index (χ2n) is 3.64. The van der Waals surface area contributed by atoms with Gasteiger partial charge in [-0.2, -0.15) is 0 Å². The number of hydrogen-bond donors (Lipinski definition) is 2. The molecule has 0 amide bonds. The molecule has 0 spiro atoms. The van der Waals surface area contributed by atoms with Crippen molar-refractivity contribution >= 4 is 38.6 Å². The highest BCUT2D eigenvalue weighted by atomic mass is 35.5. The molecule has 19 heavy (non-hydrogen) atoms. The zero-order valence-corrected chi connectivity index (χ0v) is 11.8. The molecule has 0 aliphatic carbocycles.